The molecule has 0 amide bonds. The van der Waals surface area contributed by atoms with E-state index in [2.05, 4.69) is 23.3 Å². The number of imidazole rings is 1. The number of hydrogen-bond donors (Lipinski definition) is 0. The monoisotopic (exact) mass is 219 g/mol. The second-order valence-electron chi connectivity index (χ2n) is 5.29. The van der Waals surface area contributed by atoms with Crippen LogP contribution in [0.2, 0.25) is 0 Å². The van der Waals surface area contributed by atoms with Gasteiger partial charge < -0.3 is 4.57 Å². The fraction of sp³-hybridized carbons (Fsp3) is 0.769. The molecule has 0 N–H and O–H groups in total. The molecule has 1 aromatic heterocycles. The quantitative estimate of drug-likeness (QED) is 0.718. The van der Waals surface area contributed by atoms with Crippen LogP contribution < -0.4 is 0 Å². The molecule has 3 heteroatoms. The van der Waals surface area contributed by atoms with Crippen LogP contribution in [0.15, 0.2) is 0 Å². The molecule has 0 bridgehead atoms. The first kappa shape index (κ1) is 10.3. The minimum atomic E-state index is 0.818. The Hall–Kier alpha value is -0.830. The van der Waals surface area contributed by atoms with Crippen LogP contribution in [0.5, 0.6) is 0 Å². The number of rotatable bonds is 1. The van der Waals surface area contributed by atoms with Crippen molar-refractivity contribution in [1.29, 1.82) is 0 Å². The molecule has 2 aliphatic heterocycles. The summed E-state index contributed by atoms with van der Waals surface area (Å²) in [6, 6.07) is 0. The van der Waals surface area contributed by atoms with E-state index in [0.717, 1.165) is 25.4 Å². The first-order valence-corrected chi connectivity index (χ1v) is 6.57. The van der Waals surface area contributed by atoms with Crippen molar-refractivity contribution >= 4 is 0 Å². The summed E-state index contributed by atoms with van der Waals surface area (Å²) in [6.45, 7) is 9.26. The number of likely N-dealkylation sites (N-methyl/N-ethyl adjacent to an activating group) is 1. The fourth-order valence-electron chi connectivity index (χ4n) is 2.98. The number of hydrogen-bond acceptors (Lipinski definition) is 2. The van der Waals surface area contributed by atoms with Crippen molar-refractivity contribution < 1.29 is 0 Å². The second kappa shape index (κ2) is 3.88. The van der Waals surface area contributed by atoms with Gasteiger partial charge in [-0.3, -0.25) is 4.90 Å². The van der Waals surface area contributed by atoms with Crippen molar-refractivity contribution in [2.75, 3.05) is 13.1 Å². The van der Waals surface area contributed by atoms with Gasteiger partial charge in [0.2, 0.25) is 0 Å². The molecule has 0 radical (unpaired) electrons. The topological polar surface area (TPSA) is 21.1 Å². The molecule has 0 saturated heterocycles. The fourth-order valence-corrected chi connectivity index (χ4v) is 2.98. The Morgan fingerprint density at radius 2 is 2.25 bits per heavy atom. The van der Waals surface area contributed by atoms with Crippen molar-refractivity contribution in [3.05, 3.63) is 17.2 Å². The molecule has 0 spiro atoms. The van der Waals surface area contributed by atoms with Crippen LogP contribution in [-0.2, 0) is 25.9 Å². The van der Waals surface area contributed by atoms with E-state index in [1.807, 2.05) is 0 Å². The minimum absolute atomic E-state index is 0.818. The lowest BCUT2D eigenvalue weighted by atomic mass is 10.0. The number of nitrogens with zero attached hydrogens (tertiary/aromatic N) is 3. The smallest absolute Gasteiger partial charge is 0.109 e. The van der Waals surface area contributed by atoms with Crippen LogP contribution in [0.4, 0.5) is 0 Å². The molecular weight excluding hydrogens is 198 g/mol. The summed E-state index contributed by atoms with van der Waals surface area (Å²) in [5.74, 6) is 2.17. The lowest BCUT2D eigenvalue weighted by molar-refractivity contribution is 0.255. The van der Waals surface area contributed by atoms with E-state index in [0.29, 0.717) is 0 Å². The van der Waals surface area contributed by atoms with E-state index in [9.17, 15) is 0 Å². The Balaban J connectivity index is 1.94. The van der Waals surface area contributed by atoms with E-state index in [4.69, 9.17) is 4.98 Å². The summed E-state index contributed by atoms with van der Waals surface area (Å²) < 4.78 is 2.50. The Labute approximate surface area is 97.5 Å². The molecule has 0 saturated carbocycles. The van der Waals surface area contributed by atoms with E-state index < -0.39 is 0 Å². The largest absolute Gasteiger partial charge is 0.331 e. The molecule has 16 heavy (non-hydrogen) atoms. The third kappa shape index (κ3) is 1.58. The van der Waals surface area contributed by atoms with Gasteiger partial charge in [-0.2, -0.15) is 0 Å². The second-order valence-corrected chi connectivity index (χ2v) is 5.29. The third-order valence-corrected chi connectivity index (χ3v) is 4.10. The predicted molar refractivity (Wildman–Crippen MR) is 64.4 cm³/mol. The number of aromatic nitrogens is 2. The van der Waals surface area contributed by atoms with Gasteiger partial charge in [-0.25, -0.2) is 4.98 Å². The first-order chi connectivity index (χ1) is 7.78. The van der Waals surface area contributed by atoms with Crippen molar-refractivity contribution in [2.24, 2.45) is 5.92 Å². The highest BCUT2D eigenvalue weighted by Gasteiger charge is 2.26. The van der Waals surface area contributed by atoms with Crippen LogP contribution in [0.25, 0.3) is 0 Å². The van der Waals surface area contributed by atoms with Crippen molar-refractivity contribution in [3.63, 3.8) is 0 Å². The van der Waals surface area contributed by atoms with Crippen LogP contribution in [0, 0.1) is 5.92 Å². The molecule has 2 aliphatic rings. The van der Waals surface area contributed by atoms with Crippen molar-refractivity contribution in [2.45, 2.75) is 46.2 Å². The maximum Gasteiger partial charge on any atom is 0.109 e. The zero-order valence-electron chi connectivity index (χ0n) is 10.4. The van der Waals surface area contributed by atoms with Gasteiger partial charge in [-0.1, -0.05) is 13.8 Å². The first-order valence-electron chi connectivity index (χ1n) is 6.57. The highest BCUT2D eigenvalue weighted by atomic mass is 15.2. The van der Waals surface area contributed by atoms with E-state index in [1.54, 1.807) is 0 Å². The zero-order chi connectivity index (χ0) is 11.1. The minimum Gasteiger partial charge on any atom is -0.331 e. The van der Waals surface area contributed by atoms with Gasteiger partial charge in [-0.15, -0.1) is 0 Å². The SMILES string of the molecule is CCN1CCc2nc3n(c2C1)CCC(C)C3. The molecule has 1 unspecified atom stereocenters. The Morgan fingerprint density at radius 1 is 1.38 bits per heavy atom. The summed E-state index contributed by atoms with van der Waals surface area (Å²) in [5.41, 5.74) is 2.89. The molecule has 1 aromatic rings. The van der Waals surface area contributed by atoms with Crippen molar-refractivity contribution in [3.8, 4) is 0 Å². The average molecular weight is 219 g/mol. The van der Waals surface area contributed by atoms with Gasteiger partial charge in [0.25, 0.3) is 0 Å². The zero-order valence-corrected chi connectivity index (χ0v) is 10.4. The molecule has 0 aliphatic carbocycles. The van der Waals surface area contributed by atoms with E-state index >= 15 is 0 Å². The van der Waals surface area contributed by atoms with E-state index in [1.165, 1.54) is 43.1 Å². The predicted octanol–water partition coefficient (Wildman–Crippen LogP) is 1.84. The maximum absolute atomic E-state index is 4.85. The number of fused-ring (bicyclic) bond motifs is 3. The highest BCUT2D eigenvalue weighted by molar-refractivity contribution is 5.21. The summed E-state index contributed by atoms with van der Waals surface area (Å²) in [7, 11) is 0. The molecule has 0 fully saturated rings. The van der Waals surface area contributed by atoms with Gasteiger partial charge in [0.1, 0.15) is 5.82 Å². The van der Waals surface area contributed by atoms with Crippen molar-refractivity contribution in [1.82, 2.24) is 14.5 Å². The molecule has 3 nitrogen and oxygen atoms in total. The molecular formula is C13H21N3. The third-order valence-electron chi connectivity index (χ3n) is 4.10. The Morgan fingerprint density at radius 3 is 3.06 bits per heavy atom. The lowest BCUT2D eigenvalue weighted by Crippen LogP contribution is -2.32. The molecule has 1 atom stereocenters. The summed E-state index contributed by atoms with van der Waals surface area (Å²) >= 11 is 0. The van der Waals surface area contributed by atoms with Gasteiger partial charge in [0.05, 0.1) is 11.4 Å². The Kier molecular flexibility index (Phi) is 2.51. The molecule has 3 rings (SSSR count). The van der Waals surface area contributed by atoms with Gasteiger partial charge in [0, 0.05) is 32.5 Å². The summed E-state index contributed by atoms with van der Waals surface area (Å²) in [6.07, 6.45) is 3.65. The summed E-state index contributed by atoms with van der Waals surface area (Å²) in [4.78, 5) is 7.37. The van der Waals surface area contributed by atoms with E-state index in [-0.39, 0.29) is 0 Å². The van der Waals surface area contributed by atoms with Gasteiger partial charge in [0.15, 0.2) is 0 Å². The maximum atomic E-state index is 4.85. The molecule has 0 aromatic carbocycles. The normalized spacial score (nSPS) is 25.2. The van der Waals surface area contributed by atoms with Gasteiger partial charge in [-0.05, 0) is 18.9 Å². The standard InChI is InChI=1S/C13H21N3/c1-3-15-6-5-11-12(9-15)16-7-4-10(2)8-13(16)14-11/h10H,3-9H2,1-2H3. The Bertz CT molecular complexity index is 394. The van der Waals surface area contributed by atoms with Crippen LogP contribution >= 0.6 is 0 Å². The van der Waals surface area contributed by atoms with Gasteiger partial charge >= 0.3 is 0 Å². The van der Waals surface area contributed by atoms with Crippen LogP contribution in [0.3, 0.4) is 0 Å². The average Bonchev–Trinajstić information content (AvgIpc) is 2.65. The van der Waals surface area contributed by atoms with Crippen LogP contribution in [-0.4, -0.2) is 27.5 Å². The molecule has 88 valence electrons. The lowest BCUT2D eigenvalue weighted by Gasteiger charge is -2.27. The molecule has 3 heterocycles. The highest BCUT2D eigenvalue weighted by Crippen LogP contribution is 2.26. The van der Waals surface area contributed by atoms with Crippen LogP contribution in [0.1, 0.15) is 37.5 Å². The summed E-state index contributed by atoms with van der Waals surface area (Å²) in [5, 5.41) is 0.